The van der Waals surface area contributed by atoms with Crippen LogP contribution in [0.15, 0.2) is 29.8 Å². The molecule has 1 N–H and O–H groups in total. The van der Waals surface area contributed by atoms with E-state index in [1.165, 1.54) is 13.0 Å². The summed E-state index contributed by atoms with van der Waals surface area (Å²) < 4.78 is 77.4. The van der Waals surface area contributed by atoms with Crippen molar-refractivity contribution in [3.05, 3.63) is 40.6 Å². The van der Waals surface area contributed by atoms with Gasteiger partial charge in [0.05, 0.1) is 28.4 Å². The number of hydrogen-bond acceptors (Lipinski definition) is 4. The second-order valence-electron chi connectivity index (χ2n) is 4.64. The fourth-order valence-corrected chi connectivity index (χ4v) is 3.72. The smallest absolute Gasteiger partial charge is 0.335 e. The van der Waals surface area contributed by atoms with Gasteiger partial charge in [0.15, 0.2) is 0 Å². The molecule has 0 bridgehead atoms. The van der Waals surface area contributed by atoms with Crippen LogP contribution in [-0.2, 0) is 19.6 Å². The van der Waals surface area contributed by atoms with Gasteiger partial charge in [-0.1, -0.05) is 17.7 Å². The van der Waals surface area contributed by atoms with Gasteiger partial charge < -0.3 is 4.74 Å². The molecule has 0 amide bonds. The van der Waals surface area contributed by atoms with Crippen molar-refractivity contribution in [1.82, 2.24) is 0 Å². The van der Waals surface area contributed by atoms with E-state index in [9.17, 15) is 17.6 Å². The lowest BCUT2D eigenvalue weighted by Gasteiger charge is -2.24. The molecule has 1 unspecified atom stereocenters. The van der Waals surface area contributed by atoms with E-state index >= 15 is 0 Å². The maximum absolute atomic E-state index is 13.7. The molecule has 5 nitrogen and oxygen atoms in total. The average molecular weight is 366 g/mol. The first-order valence-electron chi connectivity index (χ1n) is 8.82. The Bertz CT molecular complexity index is 896. The summed E-state index contributed by atoms with van der Waals surface area (Å²) in [6.45, 7) is 1.53. The standard InChI is InChI=1S/C15H17ClFNO4S/c1-2-22-15(19)11-5-3-4-6-14(11)23(20,21)18-13-8-7-10(17)9-12(13)16/h5,7-9,14,18H,2-4,6H2,1H3/i7D,8D,9D,14D. The maximum atomic E-state index is 13.7. The zero-order valence-electron chi connectivity index (χ0n) is 16.2. The molecule has 126 valence electrons. The Hall–Kier alpha value is -1.60. The second-order valence-corrected chi connectivity index (χ2v) is 6.72. The van der Waals surface area contributed by atoms with Crippen molar-refractivity contribution in [2.24, 2.45) is 0 Å². The van der Waals surface area contributed by atoms with Gasteiger partial charge in [-0.05, 0) is 44.3 Å². The number of sulfonamides is 1. The number of allylic oxidation sites excluding steroid dienone is 1. The van der Waals surface area contributed by atoms with Crippen LogP contribution in [0.5, 0.6) is 0 Å². The summed E-state index contributed by atoms with van der Waals surface area (Å²) in [7, 11) is -4.69. The lowest BCUT2D eigenvalue weighted by atomic mass is 9.99. The van der Waals surface area contributed by atoms with E-state index in [1.54, 1.807) is 0 Å². The van der Waals surface area contributed by atoms with Gasteiger partial charge in [-0.25, -0.2) is 17.6 Å². The van der Waals surface area contributed by atoms with Crippen molar-refractivity contribution >= 4 is 33.3 Å². The molecule has 1 aromatic carbocycles. The van der Waals surface area contributed by atoms with E-state index in [2.05, 4.69) is 0 Å². The Labute approximate surface area is 145 Å². The van der Waals surface area contributed by atoms with Crippen molar-refractivity contribution < 1.29 is 27.8 Å². The monoisotopic (exact) mass is 365 g/mol. The van der Waals surface area contributed by atoms with Crippen LogP contribution in [0.1, 0.15) is 31.7 Å². The molecule has 0 aromatic heterocycles. The number of rotatable bonds is 5. The molecule has 0 aliphatic heterocycles. The van der Waals surface area contributed by atoms with Crippen LogP contribution in [-0.4, -0.2) is 26.2 Å². The summed E-state index contributed by atoms with van der Waals surface area (Å²) in [5.41, 5.74) is -1.06. The predicted octanol–water partition coefficient (Wildman–Crippen LogP) is 3.26. The van der Waals surface area contributed by atoms with Crippen LogP contribution in [0.4, 0.5) is 10.1 Å². The Morgan fingerprint density at radius 1 is 1.61 bits per heavy atom. The van der Waals surface area contributed by atoms with Gasteiger partial charge in [0, 0.05) is 0 Å². The molecular formula is C15H17ClFNO4S. The van der Waals surface area contributed by atoms with Crippen molar-refractivity contribution in [3.63, 3.8) is 0 Å². The molecule has 0 saturated carbocycles. The minimum atomic E-state index is -4.69. The molecule has 0 heterocycles. The van der Waals surface area contributed by atoms with E-state index in [4.69, 9.17) is 21.8 Å². The molecule has 0 saturated heterocycles. The van der Waals surface area contributed by atoms with Crippen LogP contribution in [0.3, 0.4) is 0 Å². The maximum Gasteiger partial charge on any atom is 0.335 e. The first kappa shape index (κ1) is 12.8. The molecule has 1 atom stereocenters. The third-order valence-corrected chi connectivity index (χ3v) is 4.88. The van der Waals surface area contributed by atoms with Gasteiger partial charge in [-0.15, -0.1) is 0 Å². The lowest BCUT2D eigenvalue weighted by molar-refractivity contribution is -0.138. The third-order valence-electron chi connectivity index (χ3n) is 3.05. The zero-order valence-corrected chi connectivity index (χ0v) is 13.8. The molecule has 8 heteroatoms. The van der Waals surface area contributed by atoms with Crippen molar-refractivity contribution in [1.29, 1.82) is 0 Å². The van der Waals surface area contributed by atoms with E-state index in [1.807, 2.05) is 4.72 Å². The average Bonchev–Trinajstić information content (AvgIpc) is 2.62. The highest BCUT2D eigenvalue weighted by molar-refractivity contribution is 7.93. The summed E-state index contributed by atoms with van der Waals surface area (Å²) in [5, 5.41) is -3.13. The molecular weight excluding hydrogens is 345 g/mol. The summed E-state index contributed by atoms with van der Waals surface area (Å²) in [6, 6.07) is -2.83. The van der Waals surface area contributed by atoms with Crippen molar-refractivity contribution in [2.75, 3.05) is 11.3 Å². The van der Waals surface area contributed by atoms with Gasteiger partial charge in [0.1, 0.15) is 11.0 Å². The zero-order chi connectivity index (χ0) is 20.6. The van der Waals surface area contributed by atoms with E-state index in [0.717, 1.165) is 0 Å². The number of hydrogen-bond donors (Lipinski definition) is 1. The van der Waals surface area contributed by atoms with Gasteiger partial charge in [0.25, 0.3) is 0 Å². The van der Waals surface area contributed by atoms with Gasteiger partial charge >= 0.3 is 5.97 Å². The highest BCUT2D eigenvalue weighted by Crippen LogP contribution is 2.30. The lowest BCUT2D eigenvalue weighted by Crippen LogP contribution is -2.34. The SMILES string of the molecule is [2H]c1c([2H])c(NS(=O)(=O)C2([2H])CCCC=C2C(=O)OCC)c(Cl)c([2H])c1F. The molecule has 0 radical (unpaired) electrons. The summed E-state index contributed by atoms with van der Waals surface area (Å²) in [5.74, 6) is -2.31. The quantitative estimate of drug-likeness (QED) is 0.813. The Morgan fingerprint density at radius 3 is 3.04 bits per heavy atom. The predicted molar refractivity (Wildman–Crippen MR) is 86.3 cm³/mol. The van der Waals surface area contributed by atoms with Gasteiger partial charge in [0.2, 0.25) is 10.0 Å². The van der Waals surface area contributed by atoms with Crippen LogP contribution < -0.4 is 4.72 Å². The summed E-state index contributed by atoms with van der Waals surface area (Å²) >= 11 is 5.79. The van der Waals surface area contributed by atoms with Gasteiger partial charge in [-0.2, -0.15) is 0 Å². The van der Waals surface area contributed by atoms with Crippen molar-refractivity contribution in [2.45, 2.75) is 31.4 Å². The largest absolute Gasteiger partial charge is 0.463 e. The highest BCUT2D eigenvalue weighted by Gasteiger charge is 2.35. The minimum absolute atomic E-state index is 0.00913. The number of carbonyl (C=O) groups is 1. The fraction of sp³-hybridized carbons (Fsp3) is 0.400. The minimum Gasteiger partial charge on any atom is -0.463 e. The number of carbonyl (C=O) groups excluding carboxylic acids is 1. The molecule has 0 spiro atoms. The Morgan fingerprint density at radius 2 is 2.35 bits per heavy atom. The second kappa shape index (κ2) is 7.31. The van der Waals surface area contributed by atoms with Crippen LogP contribution in [0, 0.1) is 5.82 Å². The van der Waals surface area contributed by atoms with E-state index in [0.29, 0.717) is 12.8 Å². The Kier molecular flexibility index (Phi) is 4.06. The molecule has 1 aliphatic carbocycles. The first-order chi connectivity index (χ1) is 12.5. The first-order valence-corrected chi connectivity index (χ1v) is 8.69. The van der Waals surface area contributed by atoms with E-state index < -0.39 is 55.9 Å². The van der Waals surface area contributed by atoms with Gasteiger partial charge in [-0.3, -0.25) is 4.72 Å². The third kappa shape index (κ3) is 4.23. The fourth-order valence-electron chi connectivity index (χ4n) is 2.07. The van der Waals surface area contributed by atoms with E-state index in [-0.39, 0.29) is 18.6 Å². The number of anilines is 1. The van der Waals surface area contributed by atoms with Crippen molar-refractivity contribution in [3.8, 4) is 0 Å². The molecule has 2 rings (SSSR count). The van der Waals surface area contributed by atoms with Crippen LogP contribution >= 0.6 is 11.6 Å². The summed E-state index contributed by atoms with van der Waals surface area (Å²) in [6.07, 6.45) is 1.79. The topological polar surface area (TPSA) is 72.5 Å². The Balaban J connectivity index is 2.55. The highest BCUT2D eigenvalue weighted by atomic mass is 35.5. The van der Waals surface area contributed by atoms with Crippen LogP contribution in [0.2, 0.25) is 5.02 Å². The number of nitrogens with one attached hydrogen (secondary N) is 1. The number of halogens is 2. The molecule has 1 aromatic rings. The number of benzene rings is 1. The normalized spacial score (nSPS) is 23.9. The molecule has 23 heavy (non-hydrogen) atoms. The molecule has 1 aliphatic rings. The summed E-state index contributed by atoms with van der Waals surface area (Å²) in [4.78, 5) is 12.1. The number of ether oxygens (including phenoxy) is 1. The molecule has 0 fully saturated rings. The van der Waals surface area contributed by atoms with Crippen LogP contribution in [0.25, 0.3) is 0 Å². The number of esters is 1.